The number of rotatable bonds is 3. The fraction of sp³-hybridized carbons (Fsp3) is 0.231. The van der Waals surface area contributed by atoms with E-state index in [2.05, 4.69) is 4.74 Å². The zero-order chi connectivity index (χ0) is 13.0. The summed E-state index contributed by atoms with van der Waals surface area (Å²) in [5, 5.41) is 9.77. The molecule has 0 aromatic heterocycles. The van der Waals surface area contributed by atoms with Gasteiger partial charge in [0.2, 0.25) is 0 Å². The zero-order valence-corrected chi connectivity index (χ0v) is 9.98. The van der Waals surface area contributed by atoms with Crippen molar-refractivity contribution < 1.29 is 19.4 Å². The lowest BCUT2D eigenvalue weighted by atomic mass is 10.0. The summed E-state index contributed by atoms with van der Waals surface area (Å²) in [7, 11) is 1.11. The number of esters is 1. The van der Waals surface area contributed by atoms with Crippen LogP contribution in [0.15, 0.2) is 24.3 Å². The summed E-state index contributed by atoms with van der Waals surface area (Å²) >= 11 is 0. The summed E-state index contributed by atoms with van der Waals surface area (Å²) in [6, 6.07) is 5.47. The highest BCUT2D eigenvalue weighted by Crippen LogP contribution is 2.18. The number of aryl methyl sites for hydroxylation is 2. The lowest BCUT2D eigenvalue weighted by Gasteiger charge is -2.05. The van der Waals surface area contributed by atoms with E-state index in [-0.39, 0.29) is 5.76 Å². The summed E-state index contributed by atoms with van der Waals surface area (Å²) in [6.45, 7) is 3.68. The molecular formula is C13H14O4. The minimum Gasteiger partial charge on any atom is -0.507 e. The van der Waals surface area contributed by atoms with E-state index >= 15 is 0 Å². The molecule has 17 heavy (non-hydrogen) atoms. The van der Waals surface area contributed by atoms with Crippen LogP contribution in [-0.2, 0) is 14.3 Å². The molecule has 0 spiro atoms. The fourth-order valence-electron chi connectivity index (χ4n) is 1.37. The van der Waals surface area contributed by atoms with Gasteiger partial charge in [-0.1, -0.05) is 17.7 Å². The van der Waals surface area contributed by atoms with Crippen LogP contribution in [0.2, 0.25) is 0 Å². The summed E-state index contributed by atoms with van der Waals surface area (Å²) in [5.41, 5.74) is 2.31. The van der Waals surface area contributed by atoms with Crippen molar-refractivity contribution >= 4 is 17.5 Å². The van der Waals surface area contributed by atoms with E-state index in [0.29, 0.717) is 5.56 Å². The molecule has 0 bridgehead atoms. The largest absolute Gasteiger partial charge is 0.507 e. The number of carbonyl (C=O) groups excluding carboxylic acids is 2. The van der Waals surface area contributed by atoms with Gasteiger partial charge in [0.1, 0.15) is 5.76 Å². The molecule has 0 atom stereocenters. The van der Waals surface area contributed by atoms with E-state index in [1.807, 2.05) is 19.1 Å². The monoisotopic (exact) mass is 234 g/mol. The van der Waals surface area contributed by atoms with Crippen molar-refractivity contribution in [3.05, 3.63) is 41.0 Å². The van der Waals surface area contributed by atoms with Crippen LogP contribution in [0.25, 0.3) is 5.76 Å². The number of methoxy groups -OCH3 is 1. The quantitative estimate of drug-likeness (QED) is 0.376. The van der Waals surface area contributed by atoms with Crippen molar-refractivity contribution in [2.75, 3.05) is 7.11 Å². The van der Waals surface area contributed by atoms with Crippen LogP contribution in [0.5, 0.6) is 0 Å². The smallest absolute Gasteiger partial charge is 0.378 e. The van der Waals surface area contributed by atoms with Crippen molar-refractivity contribution in [2.45, 2.75) is 13.8 Å². The Balaban J connectivity index is 3.07. The molecule has 0 amide bonds. The molecule has 1 aromatic rings. The highest BCUT2D eigenvalue weighted by molar-refractivity contribution is 6.39. The SMILES string of the molecule is COC(=O)C(=O)C=C(O)c1cc(C)ccc1C. The van der Waals surface area contributed by atoms with Crippen molar-refractivity contribution in [2.24, 2.45) is 0 Å². The van der Waals surface area contributed by atoms with Crippen LogP contribution >= 0.6 is 0 Å². The van der Waals surface area contributed by atoms with E-state index < -0.39 is 11.8 Å². The summed E-state index contributed by atoms with van der Waals surface area (Å²) in [5.74, 6) is -2.12. The third kappa shape index (κ3) is 3.17. The molecule has 1 aromatic carbocycles. The third-order valence-electron chi connectivity index (χ3n) is 2.32. The van der Waals surface area contributed by atoms with E-state index in [1.54, 1.807) is 13.0 Å². The van der Waals surface area contributed by atoms with Crippen LogP contribution in [0.3, 0.4) is 0 Å². The number of carbonyl (C=O) groups is 2. The van der Waals surface area contributed by atoms with Gasteiger partial charge in [-0.05, 0) is 25.5 Å². The van der Waals surface area contributed by atoms with Gasteiger partial charge >= 0.3 is 5.97 Å². The fourth-order valence-corrected chi connectivity index (χ4v) is 1.37. The van der Waals surface area contributed by atoms with Crippen molar-refractivity contribution in [1.29, 1.82) is 0 Å². The molecule has 0 radical (unpaired) electrons. The molecule has 0 unspecified atom stereocenters. The first-order valence-electron chi connectivity index (χ1n) is 5.06. The Morgan fingerprint density at radius 3 is 2.53 bits per heavy atom. The molecule has 90 valence electrons. The predicted molar refractivity (Wildman–Crippen MR) is 63.5 cm³/mol. The van der Waals surface area contributed by atoms with E-state index in [0.717, 1.165) is 24.3 Å². The van der Waals surface area contributed by atoms with Gasteiger partial charge < -0.3 is 9.84 Å². The van der Waals surface area contributed by atoms with Crippen molar-refractivity contribution in [3.63, 3.8) is 0 Å². The molecule has 4 heteroatoms. The topological polar surface area (TPSA) is 63.6 Å². The van der Waals surface area contributed by atoms with Crippen molar-refractivity contribution in [1.82, 2.24) is 0 Å². The average molecular weight is 234 g/mol. The van der Waals surface area contributed by atoms with Crippen LogP contribution < -0.4 is 0 Å². The molecule has 0 fully saturated rings. The Morgan fingerprint density at radius 1 is 1.29 bits per heavy atom. The highest BCUT2D eigenvalue weighted by Gasteiger charge is 2.13. The number of aliphatic hydroxyl groups is 1. The maximum atomic E-state index is 11.2. The second-order valence-electron chi connectivity index (χ2n) is 3.70. The van der Waals surface area contributed by atoms with Gasteiger partial charge in [-0.3, -0.25) is 4.79 Å². The Bertz CT molecular complexity index is 486. The first-order valence-corrected chi connectivity index (χ1v) is 5.06. The van der Waals surface area contributed by atoms with Crippen LogP contribution in [0.1, 0.15) is 16.7 Å². The summed E-state index contributed by atoms with van der Waals surface area (Å²) < 4.78 is 4.26. The Kier molecular flexibility index (Phi) is 4.04. The lowest BCUT2D eigenvalue weighted by Crippen LogP contribution is -2.13. The highest BCUT2D eigenvalue weighted by atomic mass is 16.5. The summed E-state index contributed by atoms with van der Waals surface area (Å²) in [6.07, 6.45) is 0.869. The van der Waals surface area contributed by atoms with Gasteiger partial charge in [-0.25, -0.2) is 4.79 Å². The molecule has 0 saturated carbocycles. The number of hydrogen-bond acceptors (Lipinski definition) is 4. The molecule has 1 rings (SSSR count). The van der Waals surface area contributed by atoms with Crippen LogP contribution in [0, 0.1) is 13.8 Å². The first-order chi connectivity index (χ1) is 7.95. The molecule has 4 nitrogen and oxygen atoms in total. The summed E-state index contributed by atoms with van der Waals surface area (Å²) in [4.78, 5) is 22.1. The van der Waals surface area contributed by atoms with E-state index in [4.69, 9.17) is 0 Å². The second-order valence-corrected chi connectivity index (χ2v) is 3.70. The predicted octanol–water partition coefficient (Wildman–Crippen LogP) is 1.94. The Labute approximate surface area is 99.5 Å². The Morgan fingerprint density at radius 2 is 1.94 bits per heavy atom. The van der Waals surface area contributed by atoms with Gasteiger partial charge in [0.15, 0.2) is 0 Å². The van der Waals surface area contributed by atoms with Gasteiger partial charge in [-0.15, -0.1) is 0 Å². The normalized spacial score (nSPS) is 11.1. The average Bonchev–Trinajstić information content (AvgIpc) is 2.30. The van der Waals surface area contributed by atoms with E-state index in [9.17, 15) is 14.7 Å². The molecule has 0 aliphatic carbocycles. The first kappa shape index (κ1) is 13.0. The third-order valence-corrected chi connectivity index (χ3v) is 2.32. The van der Waals surface area contributed by atoms with Gasteiger partial charge in [-0.2, -0.15) is 0 Å². The molecular weight excluding hydrogens is 220 g/mol. The molecule has 0 saturated heterocycles. The zero-order valence-electron chi connectivity index (χ0n) is 9.98. The number of hydrogen-bond donors (Lipinski definition) is 1. The Hall–Kier alpha value is -2.10. The van der Waals surface area contributed by atoms with Crippen molar-refractivity contribution in [3.8, 4) is 0 Å². The van der Waals surface area contributed by atoms with Gasteiger partial charge in [0.05, 0.1) is 7.11 Å². The van der Waals surface area contributed by atoms with Crippen LogP contribution in [0.4, 0.5) is 0 Å². The number of ether oxygens (including phenoxy) is 1. The van der Waals surface area contributed by atoms with Gasteiger partial charge in [0, 0.05) is 11.6 Å². The standard InChI is InChI=1S/C13H14O4/c1-8-4-5-9(2)10(6-8)11(14)7-12(15)13(16)17-3/h4-7,14H,1-3H3. The lowest BCUT2D eigenvalue weighted by molar-refractivity contribution is -0.149. The minimum absolute atomic E-state index is 0.235. The molecule has 0 heterocycles. The number of aliphatic hydroxyl groups excluding tert-OH is 1. The maximum absolute atomic E-state index is 11.2. The number of ketones is 1. The molecule has 1 N–H and O–H groups in total. The minimum atomic E-state index is -0.998. The second kappa shape index (κ2) is 5.30. The van der Waals surface area contributed by atoms with Crippen LogP contribution in [-0.4, -0.2) is 24.0 Å². The molecule has 0 aliphatic rings. The molecule has 0 aliphatic heterocycles. The van der Waals surface area contributed by atoms with E-state index in [1.165, 1.54) is 0 Å². The maximum Gasteiger partial charge on any atom is 0.378 e. The van der Waals surface area contributed by atoms with Gasteiger partial charge in [0.25, 0.3) is 5.78 Å². The number of benzene rings is 1.